The average molecular weight is 680 g/mol. The number of nitrogens with zero attached hydrogens (tertiary/aromatic N) is 2. The number of amides is 3. The first-order valence-electron chi connectivity index (χ1n) is 14.4. The van der Waals surface area contributed by atoms with E-state index in [9.17, 15) is 42.3 Å². The van der Waals surface area contributed by atoms with E-state index in [0.717, 1.165) is 10.5 Å². The summed E-state index contributed by atoms with van der Waals surface area (Å²) in [5, 5.41) is 27.9. The van der Waals surface area contributed by atoms with E-state index in [1.165, 1.54) is 24.1 Å². The van der Waals surface area contributed by atoms with E-state index in [1.807, 2.05) is 0 Å². The van der Waals surface area contributed by atoms with Crippen LogP contribution in [0.5, 0.6) is 0 Å². The number of amidine groups is 1. The molecule has 2 aromatic carbocycles. The van der Waals surface area contributed by atoms with Crippen molar-refractivity contribution in [3.63, 3.8) is 0 Å². The summed E-state index contributed by atoms with van der Waals surface area (Å²) < 4.78 is 31.7. The van der Waals surface area contributed by atoms with Crippen molar-refractivity contribution in [2.24, 2.45) is 11.5 Å². The normalized spacial score (nSPS) is 16.3. The maximum Gasteiger partial charge on any atom is 0.490 e. The van der Waals surface area contributed by atoms with Crippen LogP contribution in [0.25, 0.3) is 0 Å². The zero-order valence-electron chi connectivity index (χ0n) is 25.8. The van der Waals surface area contributed by atoms with E-state index in [0.29, 0.717) is 29.7 Å². The molecule has 15 nitrogen and oxygen atoms in total. The summed E-state index contributed by atoms with van der Waals surface area (Å²) in [4.78, 5) is 73.8. The number of benzene rings is 2. The molecule has 3 amide bonds. The van der Waals surface area contributed by atoms with E-state index < -0.39 is 53.7 Å². The fraction of sp³-hybridized carbons (Fsp3) is 0.367. The molecule has 1 saturated heterocycles. The number of nitrogens with one attached hydrogen (secondary N) is 3. The summed E-state index contributed by atoms with van der Waals surface area (Å²) in [7, 11) is 0. The third-order valence-corrected chi connectivity index (χ3v) is 7.19. The molecule has 0 spiro atoms. The van der Waals surface area contributed by atoms with Gasteiger partial charge in [0.25, 0.3) is 17.7 Å². The molecule has 260 valence electrons. The summed E-state index contributed by atoms with van der Waals surface area (Å²) in [6.07, 6.45) is -4.35. The van der Waals surface area contributed by atoms with Gasteiger partial charge in [-0.25, -0.2) is 4.79 Å². The predicted octanol–water partition coefficient (Wildman–Crippen LogP) is 0.517. The number of nitrogens with two attached hydrogens (primary N) is 2. The molecule has 0 aliphatic carbocycles. The fourth-order valence-corrected chi connectivity index (χ4v) is 4.74. The van der Waals surface area contributed by atoms with Gasteiger partial charge in [0.05, 0.1) is 0 Å². The van der Waals surface area contributed by atoms with E-state index in [4.69, 9.17) is 26.8 Å². The number of carbonyl (C=O) groups is 6. The lowest BCUT2D eigenvalue weighted by molar-refractivity contribution is -0.192. The molecule has 18 heteroatoms. The van der Waals surface area contributed by atoms with Gasteiger partial charge in [-0.1, -0.05) is 24.3 Å². The van der Waals surface area contributed by atoms with Crippen molar-refractivity contribution in [2.75, 3.05) is 32.7 Å². The lowest BCUT2D eigenvalue weighted by atomic mass is 9.84. The monoisotopic (exact) mass is 679 g/mol. The second-order valence-corrected chi connectivity index (χ2v) is 10.5. The molecule has 2 aromatic rings. The Morgan fingerprint density at radius 3 is 1.94 bits per heavy atom. The van der Waals surface area contributed by atoms with Crippen LogP contribution in [-0.4, -0.2) is 106 Å². The summed E-state index contributed by atoms with van der Waals surface area (Å²) in [6, 6.07) is 12.9. The minimum Gasteiger partial charge on any atom is -0.480 e. The Hall–Kier alpha value is -5.36. The minimum atomic E-state index is -5.08. The van der Waals surface area contributed by atoms with Crippen LogP contribution in [0.3, 0.4) is 0 Å². The van der Waals surface area contributed by atoms with Crippen LogP contribution in [0.4, 0.5) is 13.2 Å². The van der Waals surface area contributed by atoms with Gasteiger partial charge < -0.3 is 31.9 Å². The van der Waals surface area contributed by atoms with Crippen LogP contribution in [-0.2, 0) is 25.6 Å². The highest BCUT2D eigenvalue weighted by Gasteiger charge is 2.53. The van der Waals surface area contributed by atoms with Gasteiger partial charge in [-0.2, -0.15) is 18.2 Å². The van der Waals surface area contributed by atoms with Gasteiger partial charge in [0.2, 0.25) is 0 Å². The quantitative estimate of drug-likeness (QED) is 0.0665. The molecule has 1 heterocycles. The Labute approximate surface area is 272 Å². The van der Waals surface area contributed by atoms with E-state index in [-0.39, 0.29) is 38.3 Å². The minimum absolute atomic E-state index is 0.0110. The van der Waals surface area contributed by atoms with Crippen molar-refractivity contribution in [3.8, 4) is 0 Å². The Balaban J connectivity index is 0.00000103. The van der Waals surface area contributed by atoms with Crippen molar-refractivity contribution in [1.82, 2.24) is 20.7 Å². The topological polar surface area (TPSA) is 249 Å². The van der Waals surface area contributed by atoms with Gasteiger partial charge in [0.1, 0.15) is 12.4 Å². The van der Waals surface area contributed by atoms with Crippen LogP contribution in [0.15, 0.2) is 48.5 Å². The number of carbonyl (C=O) groups excluding carboxylic acids is 4. The number of hydrazine groups is 1. The molecule has 0 aromatic heterocycles. The van der Waals surface area contributed by atoms with Crippen molar-refractivity contribution in [2.45, 2.75) is 37.9 Å². The lowest BCUT2D eigenvalue weighted by Crippen LogP contribution is -2.73. The molecule has 3 rings (SSSR count). The maximum atomic E-state index is 13.6. The highest BCUT2D eigenvalue weighted by atomic mass is 19.4. The van der Waals surface area contributed by atoms with E-state index in [1.54, 1.807) is 36.4 Å². The number of ketones is 1. The molecular formula is C30H36F3N7O8. The number of piperazine rings is 1. The Morgan fingerprint density at radius 2 is 1.46 bits per heavy atom. The van der Waals surface area contributed by atoms with Crippen LogP contribution in [0.2, 0.25) is 0 Å². The molecule has 48 heavy (non-hydrogen) atoms. The molecular weight excluding hydrogens is 643 g/mol. The first-order valence-corrected chi connectivity index (χ1v) is 14.4. The van der Waals surface area contributed by atoms with Crippen LogP contribution in [0.1, 0.15) is 51.6 Å². The van der Waals surface area contributed by atoms with Gasteiger partial charge in [0.15, 0.2) is 11.3 Å². The van der Waals surface area contributed by atoms with Crippen LogP contribution in [0, 0.1) is 5.41 Å². The van der Waals surface area contributed by atoms with Gasteiger partial charge in [-0.3, -0.25) is 34.8 Å². The van der Waals surface area contributed by atoms with Crippen molar-refractivity contribution >= 4 is 41.3 Å². The fourth-order valence-electron chi connectivity index (χ4n) is 4.74. The second kappa shape index (κ2) is 17.0. The highest BCUT2D eigenvalue weighted by Crippen LogP contribution is 2.28. The van der Waals surface area contributed by atoms with E-state index >= 15 is 0 Å². The largest absolute Gasteiger partial charge is 0.490 e. The second-order valence-electron chi connectivity index (χ2n) is 10.5. The van der Waals surface area contributed by atoms with Gasteiger partial charge in [-0.05, 0) is 62.6 Å². The maximum absolute atomic E-state index is 13.6. The number of hydrogen-bond acceptors (Lipinski definition) is 9. The van der Waals surface area contributed by atoms with Crippen LogP contribution < -0.4 is 22.2 Å². The lowest BCUT2D eigenvalue weighted by Gasteiger charge is -2.47. The number of alkyl halides is 3. The van der Waals surface area contributed by atoms with Gasteiger partial charge in [0, 0.05) is 36.3 Å². The van der Waals surface area contributed by atoms with E-state index in [2.05, 4.69) is 10.7 Å². The zero-order chi connectivity index (χ0) is 36.2. The van der Waals surface area contributed by atoms with Gasteiger partial charge >= 0.3 is 18.1 Å². The first-order chi connectivity index (χ1) is 22.4. The number of aliphatic carboxylic acids is 2. The number of carboxylic acid groups (broad SMARTS) is 2. The average Bonchev–Trinajstić information content (AvgIpc) is 3.01. The Bertz CT molecular complexity index is 1520. The molecule has 1 aliphatic heterocycles. The molecule has 0 unspecified atom stereocenters. The molecule has 1 atom stereocenters. The van der Waals surface area contributed by atoms with Crippen molar-refractivity contribution < 1.29 is 52.2 Å². The zero-order valence-corrected chi connectivity index (χ0v) is 25.8. The van der Waals surface area contributed by atoms with Gasteiger partial charge in [-0.15, -0.1) is 0 Å². The summed E-state index contributed by atoms with van der Waals surface area (Å²) in [5.74, 6) is -6.34. The third-order valence-electron chi connectivity index (χ3n) is 7.19. The number of nitrogen functional groups attached to an aromatic ring is 1. The SMILES string of the molecule is CC(=O)[C@@]1(CCCNC(=O)c2ccc(C(=N)N)cc2)C(=O)N(CC(=O)O)CCN1NC(=O)c1ccc(CCN)cc1.O=C(O)C(F)(F)F. The van der Waals surface area contributed by atoms with Crippen molar-refractivity contribution in [1.29, 1.82) is 5.41 Å². The number of Topliss-reactive ketones (excluding diaryl/α,β-unsaturated/α-hetero) is 1. The highest BCUT2D eigenvalue weighted by molar-refractivity contribution is 6.11. The Morgan fingerprint density at radius 1 is 0.938 bits per heavy atom. The van der Waals surface area contributed by atoms with Crippen molar-refractivity contribution in [3.05, 3.63) is 70.8 Å². The first kappa shape index (κ1) is 38.8. The summed E-state index contributed by atoms with van der Waals surface area (Å²) in [6.45, 7) is 1.19. The molecule has 1 fully saturated rings. The third kappa shape index (κ3) is 10.3. The summed E-state index contributed by atoms with van der Waals surface area (Å²) >= 11 is 0. The number of hydrogen-bond donors (Lipinski definition) is 7. The summed E-state index contributed by atoms with van der Waals surface area (Å²) in [5.41, 5.74) is 13.9. The number of carboxylic acids is 2. The number of halogens is 3. The molecule has 9 N–H and O–H groups in total. The molecule has 0 radical (unpaired) electrons. The predicted molar refractivity (Wildman–Crippen MR) is 164 cm³/mol. The van der Waals surface area contributed by atoms with Crippen LogP contribution >= 0.6 is 0 Å². The molecule has 0 saturated carbocycles. The standard InChI is InChI=1S/C28H35N7O6.C2HF3O2/c1-18(36)28(12-2-14-32-25(39)21-9-7-20(8-10-21)24(30)31)27(41)34(17-23(37)38)15-16-35(28)33-26(40)22-5-3-19(4-6-22)11-13-29;3-2(4,5)1(6)7/h3-10H,2,11-17,29H2,1H3,(H3,30,31)(H,32,39)(H,33,40)(H,37,38);(H,6,7)/t28-;/m0./s1. The smallest absolute Gasteiger partial charge is 0.480 e. The number of rotatable bonds is 13. The Kier molecular flexibility index (Phi) is 13.7. The molecule has 0 bridgehead atoms. The molecule has 1 aliphatic rings.